The van der Waals surface area contributed by atoms with Crippen LogP contribution in [0.25, 0.3) is 33.1 Å². The van der Waals surface area contributed by atoms with Gasteiger partial charge in [0, 0.05) is 48.6 Å². The average molecular weight is 505 g/mol. The van der Waals surface area contributed by atoms with Crippen LogP contribution in [0.2, 0.25) is 0 Å². The maximum atomic E-state index is 13.0. The molecule has 0 radical (unpaired) electrons. The number of methoxy groups -OCH3 is 1. The molecule has 37 heavy (non-hydrogen) atoms. The first kappa shape index (κ1) is 23.7. The number of ether oxygens (including phenoxy) is 3. The maximum Gasteiger partial charge on any atom is 0.344 e. The van der Waals surface area contributed by atoms with Crippen molar-refractivity contribution in [1.82, 2.24) is 9.80 Å². The second-order valence-corrected chi connectivity index (χ2v) is 9.36. The van der Waals surface area contributed by atoms with Crippen molar-refractivity contribution in [3.8, 4) is 22.6 Å². The fourth-order valence-electron chi connectivity index (χ4n) is 5.15. The monoisotopic (exact) mass is 504 g/mol. The lowest BCUT2D eigenvalue weighted by atomic mass is 9.99. The molecule has 0 spiro atoms. The third-order valence-electron chi connectivity index (χ3n) is 7.04. The molecule has 0 atom stereocenters. The first-order chi connectivity index (χ1) is 18.1. The van der Waals surface area contributed by atoms with E-state index in [0.29, 0.717) is 52.3 Å². The van der Waals surface area contributed by atoms with Crippen molar-refractivity contribution in [1.29, 1.82) is 0 Å². The zero-order valence-corrected chi connectivity index (χ0v) is 20.7. The summed E-state index contributed by atoms with van der Waals surface area (Å²) in [5.41, 5.74) is 1.27. The quantitative estimate of drug-likeness (QED) is 0.366. The first-order valence-corrected chi connectivity index (χ1v) is 12.5. The fraction of sp³-hybridized carbons (Fsp3) is 0.357. The predicted octanol–water partition coefficient (Wildman–Crippen LogP) is 3.45. The zero-order valence-electron chi connectivity index (χ0n) is 20.7. The number of rotatable bonds is 6. The Bertz CT molecular complexity index is 1570. The standard InChI is InChI=1S/C28H28N2O7/c1-33-24-5-2-4-18-14-21(28(32)37-26(18)24)20-15-25(31)36-27-19(20)6-7-23-22(27)16-30(17-35-23)9-3-8-29-10-12-34-13-11-29/h2,4-7,14-15H,3,8-13,16-17H2,1H3. The van der Waals surface area contributed by atoms with Gasteiger partial charge in [-0.25, -0.2) is 9.59 Å². The van der Waals surface area contributed by atoms with Crippen LogP contribution in [-0.4, -0.2) is 63.0 Å². The molecule has 0 saturated carbocycles. The van der Waals surface area contributed by atoms with Gasteiger partial charge in [-0.1, -0.05) is 12.1 Å². The number of hydrogen-bond donors (Lipinski definition) is 0. The summed E-state index contributed by atoms with van der Waals surface area (Å²) in [7, 11) is 1.52. The fourth-order valence-corrected chi connectivity index (χ4v) is 5.15. The van der Waals surface area contributed by atoms with Crippen LogP contribution in [-0.2, 0) is 11.3 Å². The molecule has 0 unspecified atom stereocenters. The van der Waals surface area contributed by atoms with E-state index < -0.39 is 11.3 Å². The molecular formula is C28H28N2O7. The molecule has 9 heteroatoms. The molecule has 2 aliphatic heterocycles. The van der Waals surface area contributed by atoms with Gasteiger partial charge in [-0.05, 0) is 37.2 Å². The van der Waals surface area contributed by atoms with E-state index in [9.17, 15) is 9.59 Å². The summed E-state index contributed by atoms with van der Waals surface area (Å²) < 4.78 is 28.1. The van der Waals surface area contributed by atoms with Crippen LogP contribution in [0, 0.1) is 0 Å². The lowest BCUT2D eigenvalue weighted by Gasteiger charge is -2.31. The third kappa shape index (κ3) is 4.61. The van der Waals surface area contributed by atoms with E-state index in [1.165, 1.54) is 13.2 Å². The summed E-state index contributed by atoms with van der Waals surface area (Å²) in [6.07, 6.45) is 1.00. The summed E-state index contributed by atoms with van der Waals surface area (Å²) in [5.74, 6) is 1.16. The molecule has 0 aliphatic carbocycles. The Labute approximate surface area is 212 Å². The molecular weight excluding hydrogens is 476 g/mol. The summed E-state index contributed by atoms with van der Waals surface area (Å²) in [4.78, 5) is 30.3. The second-order valence-electron chi connectivity index (χ2n) is 9.36. The SMILES string of the molecule is COc1cccc2cc(-c3cc(=O)oc4c5c(ccc34)OCN(CCCN3CCOCC3)C5)c(=O)oc12. The average Bonchev–Trinajstić information content (AvgIpc) is 2.92. The molecule has 1 saturated heterocycles. The Hall–Kier alpha value is -3.66. The van der Waals surface area contributed by atoms with Crippen LogP contribution in [0.4, 0.5) is 0 Å². The normalized spacial score (nSPS) is 16.6. The van der Waals surface area contributed by atoms with Gasteiger partial charge in [0.05, 0.1) is 31.5 Å². The third-order valence-corrected chi connectivity index (χ3v) is 7.04. The molecule has 1 fully saturated rings. The highest BCUT2D eigenvalue weighted by Crippen LogP contribution is 2.36. The van der Waals surface area contributed by atoms with Gasteiger partial charge < -0.3 is 23.0 Å². The molecule has 4 aromatic rings. The predicted molar refractivity (Wildman–Crippen MR) is 138 cm³/mol. The van der Waals surface area contributed by atoms with E-state index in [0.717, 1.165) is 51.4 Å². The summed E-state index contributed by atoms with van der Waals surface area (Å²) in [6.45, 7) is 6.43. The molecule has 0 amide bonds. The Kier molecular flexibility index (Phi) is 6.42. The largest absolute Gasteiger partial charge is 0.493 e. The molecule has 0 N–H and O–H groups in total. The smallest absolute Gasteiger partial charge is 0.344 e. The molecule has 192 valence electrons. The van der Waals surface area contributed by atoms with E-state index in [1.807, 2.05) is 24.3 Å². The van der Waals surface area contributed by atoms with Crippen LogP contribution < -0.4 is 20.7 Å². The highest BCUT2D eigenvalue weighted by atomic mass is 16.5. The lowest BCUT2D eigenvalue weighted by molar-refractivity contribution is 0.0330. The minimum atomic E-state index is -0.553. The Morgan fingerprint density at radius 3 is 2.59 bits per heavy atom. The maximum absolute atomic E-state index is 13.0. The molecule has 2 aromatic heterocycles. The summed E-state index contributed by atoms with van der Waals surface area (Å²) >= 11 is 0. The van der Waals surface area contributed by atoms with Gasteiger partial charge >= 0.3 is 11.3 Å². The van der Waals surface area contributed by atoms with Gasteiger partial charge in [0.25, 0.3) is 0 Å². The topological polar surface area (TPSA) is 94.6 Å². The minimum Gasteiger partial charge on any atom is -0.493 e. The number of para-hydroxylation sites is 1. The van der Waals surface area contributed by atoms with E-state index in [4.69, 9.17) is 23.0 Å². The zero-order chi connectivity index (χ0) is 25.4. The van der Waals surface area contributed by atoms with Crippen LogP contribution in [0.3, 0.4) is 0 Å². The molecule has 2 aliphatic rings. The first-order valence-electron chi connectivity index (χ1n) is 12.5. The Morgan fingerprint density at radius 1 is 0.919 bits per heavy atom. The van der Waals surface area contributed by atoms with Crippen molar-refractivity contribution in [2.45, 2.75) is 13.0 Å². The lowest BCUT2D eigenvalue weighted by Crippen LogP contribution is -2.39. The van der Waals surface area contributed by atoms with E-state index >= 15 is 0 Å². The van der Waals surface area contributed by atoms with Crippen LogP contribution in [0.15, 0.2) is 60.9 Å². The van der Waals surface area contributed by atoms with E-state index in [2.05, 4.69) is 9.80 Å². The number of morpholine rings is 1. The Morgan fingerprint density at radius 2 is 1.76 bits per heavy atom. The van der Waals surface area contributed by atoms with Gasteiger partial charge in [0.1, 0.15) is 18.1 Å². The molecule has 2 aromatic carbocycles. The van der Waals surface area contributed by atoms with Crippen LogP contribution >= 0.6 is 0 Å². The van der Waals surface area contributed by atoms with E-state index in [-0.39, 0.29) is 5.56 Å². The van der Waals surface area contributed by atoms with Gasteiger partial charge in [0.2, 0.25) is 0 Å². The van der Waals surface area contributed by atoms with Crippen molar-refractivity contribution in [2.75, 3.05) is 53.2 Å². The summed E-state index contributed by atoms with van der Waals surface area (Å²) in [6, 6.07) is 12.2. The number of nitrogens with zero attached hydrogens (tertiary/aromatic N) is 2. The number of fused-ring (bicyclic) bond motifs is 4. The number of benzene rings is 2. The van der Waals surface area contributed by atoms with Crippen molar-refractivity contribution in [2.24, 2.45) is 0 Å². The van der Waals surface area contributed by atoms with Crippen LogP contribution in [0.5, 0.6) is 11.5 Å². The molecule has 0 bridgehead atoms. The summed E-state index contributed by atoms with van der Waals surface area (Å²) in [5, 5.41) is 1.36. The van der Waals surface area contributed by atoms with Crippen LogP contribution in [0.1, 0.15) is 12.0 Å². The molecule has 4 heterocycles. The van der Waals surface area contributed by atoms with Gasteiger partial charge in [-0.15, -0.1) is 0 Å². The molecule has 6 rings (SSSR count). The van der Waals surface area contributed by atoms with Crippen molar-refractivity contribution < 1.29 is 23.0 Å². The minimum absolute atomic E-state index is 0.290. The highest BCUT2D eigenvalue weighted by molar-refractivity contribution is 5.97. The van der Waals surface area contributed by atoms with Gasteiger partial charge in [-0.3, -0.25) is 9.80 Å². The number of hydrogen-bond acceptors (Lipinski definition) is 9. The van der Waals surface area contributed by atoms with Gasteiger partial charge in [-0.2, -0.15) is 0 Å². The van der Waals surface area contributed by atoms with Crippen molar-refractivity contribution in [3.05, 3.63) is 68.9 Å². The van der Waals surface area contributed by atoms with Crippen molar-refractivity contribution in [3.63, 3.8) is 0 Å². The molecule has 9 nitrogen and oxygen atoms in total. The van der Waals surface area contributed by atoms with Crippen molar-refractivity contribution >= 4 is 21.9 Å². The van der Waals surface area contributed by atoms with Gasteiger partial charge in [0.15, 0.2) is 11.3 Å². The Balaban J connectivity index is 1.34. The van der Waals surface area contributed by atoms with E-state index in [1.54, 1.807) is 12.1 Å². The highest BCUT2D eigenvalue weighted by Gasteiger charge is 2.24. The second kappa shape index (κ2) is 10.0.